The third-order valence-corrected chi connectivity index (χ3v) is 5.13. The lowest BCUT2D eigenvalue weighted by Crippen LogP contribution is -2.33. The van der Waals surface area contributed by atoms with Gasteiger partial charge in [0.2, 0.25) is 0 Å². The molecule has 136 valence electrons. The number of H-pyrrole nitrogens is 1. The normalized spacial score (nSPS) is 12.2. The zero-order valence-electron chi connectivity index (χ0n) is 13.5. The van der Waals surface area contributed by atoms with E-state index in [-0.39, 0.29) is 24.1 Å². The van der Waals surface area contributed by atoms with Crippen molar-refractivity contribution in [2.45, 2.75) is 12.6 Å². The van der Waals surface area contributed by atoms with E-state index in [0.29, 0.717) is 26.8 Å². The SMILES string of the molecule is NC[C@@H](NC(=O)c1ccc(-c2ccc(Cl)c(F)c2)[nH]1)c1ncc(CO)s1. The summed E-state index contributed by atoms with van der Waals surface area (Å²) in [4.78, 5) is 20.3. The highest BCUT2D eigenvalue weighted by Gasteiger charge is 2.19. The van der Waals surface area contributed by atoms with Crippen molar-refractivity contribution < 1.29 is 14.3 Å². The van der Waals surface area contributed by atoms with Crippen molar-refractivity contribution in [2.24, 2.45) is 5.73 Å². The number of nitrogens with one attached hydrogen (secondary N) is 2. The maximum Gasteiger partial charge on any atom is 0.268 e. The molecule has 0 bridgehead atoms. The molecule has 0 aliphatic rings. The van der Waals surface area contributed by atoms with Crippen LogP contribution in [0.5, 0.6) is 0 Å². The third-order valence-electron chi connectivity index (χ3n) is 3.73. The fraction of sp³-hybridized carbons (Fsp3) is 0.176. The minimum atomic E-state index is -0.531. The van der Waals surface area contributed by atoms with Crippen LogP contribution >= 0.6 is 22.9 Å². The molecule has 0 unspecified atom stereocenters. The van der Waals surface area contributed by atoms with Crippen molar-refractivity contribution in [3.63, 3.8) is 0 Å². The number of nitrogens with zero attached hydrogens (tertiary/aromatic N) is 1. The number of amides is 1. The Kier molecular flexibility index (Phi) is 5.67. The summed E-state index contributed by atoms with van der Waals surface area (Å²) in [6.45, 7) is 0.0562. The van der Waals surface area contributed by atoms with Crippen LogP contribution < -0.4 is 11.1 Å². The summed E-state index contributed by atoms with van der Waals surface area (Å²) in [5, 5.41) is 12.6. The molecule has 0 aliphatic carbocycles. The van der Waals surface area contributed by atoms with Crippen molar-refractivity contribution in [1.82, 2.24) is 15.3 Å². The van der Waals surface area contributed by atoms with Gasteiger partial charge in [0, 0.05) is 24.0 Å². The number of aliphatic hydroxyl groups is 1. The highest BCUT2D eigenvalue weighted by molar-refractivity contribution is 7.11. The second-order valence-corrected chi connectivity index (χ2v) is 7.05. The summed E-state index contributed by atoms with van der Waals surface area (Å²) >= 11 is 6.97. The van der Waals surface area contributed by atoms with Crippen LogP contribution in [-0.4, -0.2) is 27.5 Å². The minimum absolute atomic E-state index is 0.0368. The number of benzene rings is 1. The van der Waals surface area contributed by atoms with Gasteiger partial charge in [0.25, 0.3) is 5.91 Å². The van der Waals surface area contributed by atoms with E-state index in [9.17, 15) is 9.18 Å². The summed E-state index contributed by atoms with van der Waals surface area (Å²) < 4.78 is 13.6. The van der Waals surface area contributed by atoms with E-state index in [1.54, 1.807) is 24.4 Å². The molecule has 1 aromatic carbocycles. The van der Waals surface area contributed by atoms with E-state index in [1.165, 1.54) is 23.5 Å². The van der Waals surface area contributed by atoms with Gasteiger partial charge in [-0.1, -0.05) is 17.7 Å². The molecule has 1 amide bonds. The molecule has 5 N–H and O–H groups in total. The third kappa shape index (κ3) is 3.94. The Hall–Kier alpha value is -2.26. The first-order valence-corrected chi connectivity index (χ1v) is 8.92. The van der Waals surface area contributed by atoms with Crippen molar-refractivity contribution in [3.8, 4) is 11.3 Å². The monoisotopic (exact) mass is 394 g/mol. The van der Waals surface area contributed by atoms with Gasteiger partial charge in [-0.15, -0.1) is 11.3 Å². The predicted molar refractivity (Wildman–Crippen MR) is 98.5 cm³/mol. The maximum atomic E-state index is 13.6. The number of thiazole rings is 1. The number of aromatic nitrogens is 2. The topological polar surface area (TPSA) is 104 Å². The molecular weight excluding hydrogens is 379 g/mol. The van der Waals surface area contributed by atoms with Crippen LogP contribution in [0.1, 0.15) is 26.4 Å². The summed E-state index contributed by atoms with van der Waals surface area (Å²) in [7, 11) is 0. The van der Waals surface area contributed by atoms with E-state index >= 15 is 0 Å². The van der Waals surface area contributed by atoms with E-state index in [0.717, 1.165) is 0 Å². The van der Waals surface area contributed by atoms with E-state index < -0.39 is 11.9 Å². The highest BCUT2D eigenvalue weighted by Crippen LogP contribution is 2.24. The molecule has 0 aliphatic heterocycles. The second-order valence-electron chi connectivity index (χ2n) is 5.50. The molecule has 0 radical (unpaired) electrons. The number of aromatic amines is 1. The molecule has 2 aromatic heterocycles. The van der Waals surface area contributed by atoms with Gasteiger partial charge < -0.3 is 21.1 Å². The zero-order valence-corrected chi connectivity index (χ0v) is 15.1. The Morgan fingerprint density at radius 3 is 2.88 bits per heavy atom. The molecule has 0 spiro atoms. The molecule has 6 nitrogen and oxygen atoms in total. The lowest BCUT2D eigenvalue weighted by Gasteiger charge is -2.13. The van der Waals surface area contributed by atoms with Crippen molar-refractivity contribution >= 4 is 28.8 Å². The minimum Gasteiger partial charge on any atom is -0.391 e. The van der Waals surface area contributed by atoms with Crippen LogP contribution in [0.3, 0.4) is 0 Å². The average molecular weight is 395 g/mol. The number of hydrogen-bond donors (Lipinski definition) is 4. The molecule has 2 heterocycles. The Labute approximate surface area is 157 Å². The number of aliphatic hydroxyl groups excluding tert-OH is 1. The van der Waals surface area contributed by atoms with Gasteiger partial charge >= 0.3 is 0 Å². The van der Waals surface area contributed by atoms with Gasteiger partial charge in [0.15, 0.2) is 0 Å². The first kappa shape index (κ1) is 18.5. The summed E-state index contributed by atoms with van der Waals surface area (Å²) in [6.07, 6.45) is 1.55. The predicted octanol–water partition coefficient (Wildman–Crippen LogP) is 2.85. The lowest BCUT2D eigenvalue weighted by molar-refractivity contribution is 0.0933. The molecule has 9 heteroatoms. The summed E-state index contributed by atoms with van der Waals surface area (Å²) in [5.74, 6) is -0.890. The van der Waals surface area contributed by atoms with Crippen molar-refractivity contribution in [2.75, 3.05) is 6.54 Å². The quantitative estimate of drug-likeness (QED) is 0.516. The highest BCUT2D eigenvalue weighted by atomic mass is 35.5. The molecule has 0 saturated heterocycles. The average Bonchev–Trinajstić information content (AvgIpc) is 3.31. The van der Waals surface area contributed by atoms with Gasteiger partial charge in [-0.3, -0.25) is 4.79 Å². The molecule has 1 atom stereocenters. The van der Waals surface area contributed by atoms with Gasteiger partial charge in [0.05, 0.1) is 22.5 Å². The van der Waals surface area contributed by atoms with Gasteiger partial charge in [-0.25, -0.2) is 9.37 Å². The number of rotatable bonds is 6. The smallest absolute Gasteiger partial charge is 0.268 e. The Morgan fingerprint density at radius 1 is 1.42 bits per heavy atom. The first-order chi connectivity index (χ1) is 12.5. The summed E-state index contributed by atoms with van der Waals surface area (Å²) in [6, 6.07) is 7.23. The van der Waals surface area contributed by atoms with Crippen LogP contribution in [0, 0.1) is 5.82 Å². The Balaban J connectivity index is 1.75. The largest absolute Gasteiger partial charge is 0.391 e. The van der Waals surface area contributed by atoms with Gasteiger partial charge in [-0.2, -0.15) is 0 Å². The molecule has 0 saturated carbocycles. The molecule has 3 rings (SSSR count). The van der Waals surface area contributed by atoms with Crippen LogP contribution in [0.4, 0.5) is 4.39 Å². The Bertz CT molecular complexity index is 927. The number of carbonyl (C=O) groups excluding carboxylic acids is 1. The lowest BCUT2D eigenvalue weighted by atomic mass is 10.1. The zero-order chi connectivity index (χ0) is 18.7. The second kappa shape index (κ2) is 7.96. The van der Waals surface area contributed by atoms with Crippen LogP contribution in [-0.2, 0) is 6.61 Å². The van der Waals surface area contributed by atoms with Gasteiger partial charge in [-0.05, 0) is 24.3 Å². The number of nitrogens with two attached hydrogens (primary N) is 1. The number of carbonyl (C=O) groups is 1. The maximum absolute atomic E-state index is 13.6. The van der Waals surface area contributed by atoms with E-state index in [4.69, 9.17) is 22.4 Å². The number of hydrogen-bond acceptors (Lipinski definition) is 5. The molecule has 3 aromatic rings. The fourth-order valence-corrected chi connectivity index (χ4v) is 3.33. The van der Waals surface area contributed by atoms with Crippen molar-refractivity contribution in [1.29, 1.82) is 0 Å². The van der Waals surface area contributed by atoms with Crippen LogP contribution in [0.15, 0.2) is 36.5 Å². The Morgan fingerprint density at radius 2 is 2.23 bits per heavy atom. The molecule has 26 heavy (non-hydrogen) atoms. The molecule has 0 fully saturated rings. The fourth-order valence-electron chi connectivity index (χ4n) is 2.37. The molecular formula is C17H16ClFN4O2S. The standard InChI is InChI=1S/C17H16ClFN4O2S/c18-11-2-1-9(5-12(11)19)13-3-4-14(22-13)16(25)23-15(6-20)17-21-7-10(8-24)26-17/h1-5,7,15,22,24H,6,8,20H2,(H,23,25)/t15-/m1/s1. The van der Waals surface area contributed by atoms with Crippen LogP contribution in [0.2, 0.25) is 5.02 Å². The van der Waals surface area contributed by atoms with E-state index in [1.807, 2.05) is 0 Å². The van der Waals surface area contributed by atoms with Gasteiger partial charge in [0.1, 0.15) is 16.5 Å². The van der Waals surface area contributed by atoms with Crippen molar-refractivity contribution in [3.05, 3.63) is 62.9 Å². The summed E-state index contributed by atoms with van der Waals surface area (Å²) in [5.41, 5.74) is 7.21. The van der Waals surface area contributed by atoms with Crippen LogP contribution in [0.25, 0.3) is 11.3 Å². The van der Waals surface area contributed by atoms with E-state index in [2.05, 4.69) is 15.3 Å². The number of halogens is 2. The first-order valence-electron chi connectivity index (χ1n) is 7.72.